The molecule has 0 unspecified atom stereocenters. The molecule has 0 atom stereocenters. The summed E-state index contributed by atoms with van der Waals surface area (Å²) in [6, 6.07) is 1.79. The quantitative estimate of drug-likeness (QED) is 0.645. The van der Waals surface area contributed by atoms with Crippen LogP contribution in [0, 0.1) is 13.8 Å². The maximum absolute atomic E-state index is 11.6. The average Bonchev–Trinajstić information content (AvgIpc) is 2.08. The average molecular weight is 243 g/mol. The van der Waals surface area contributed by atoms with E-state index in [1.165, 1.54) is 12.1 Å². The number of aryl methyl sites for hydroxylation is 2. The molecule has 7 heteroatoms. The predicted octanol–water partition coefficient (Wildman–Crippen LogP) is 0.243. The smallest absolute Gasteiger partial charge is 0.326 e. The molecule has 1 rings (SSSR count). The molecule has 2 amide bonds. The molecule has 5 N–H and O–H groups in total. The van der Waals surface area contributed by atoms with E-state index in [0.717, 1.165) is 11.1 Å². The maximum Gasteiger partial charge on any atom is 0.326 e. The summed E-state index contributed by atoms with van der Waals surface area (Å²) in [7, 11) is -3.98. The van der Waals surface area contributed by atoms with Gasteiger partial charge in [0.05, 0.1) is 5.69 Å². The lowest BCUT2D eigenvalue weighted by molar-refractivity contribution is 0.253. The predicted molar refractivity (Wildman–Crippen MR) is 60.2 cm³/mol. The van der Waals surface area contributed by atoms with Crippen LogP contribution in [0.4, 0.5) is 10.5 Å². The maximum atomic E-state index is 11.6. The van der Waals surface area contributed by atoms with Crippen molar-refractivity contribution in [2.75, 3.05) is 5.73 Å². The molecule has 1 aromatic rings. The van der Waals surface area contributed by atoms with E-state index in [1.54, 1.807) is 11.6 Å². The van der Waals surface area contributed by atoms with Crippen molar-refractivity contribution in [1.29, 1.82) is 0 Å². The number of hydrogen-bond donors (Lipinski definition) is 3. The molecule has 6 nitrogen and oxygen atoms in total. The van der Waals surface area contributed by atoms with Crippen LogP contribution >= 0.6 is 0 Å². The Morgan fingerprint density at radius 3 is 2.25 bits per heavy atom. The van der Waals surface area contributed by atoms with E-state index in [2.05, 4.69) is 0 Å². The molecular formula is C9H13N3O3S. The molecule has 0 spiro atoms. The normalized spacial score (nSPS) is 11.1. The SMILES string of the molecule is Cc1cc(N)c(S(=O)(=O)NC(N)=O)cc1C. The summed E-state index contributed by atoms with van der Waals surface area (Å²) in [5.41, 5.74) is 12.1. The minimum absolute atomic E-state index is 0.0804. The van der Waals surface area contributed by atoms with E-state index in [0.29, 0.717) is 0 Å². The fourth-order valence-corrected chi connectivity index (χ4v) is 2.31. The van der Waals surface area contributed by atoms with Crippen molar-refractivity contribution in [3.8, 4) is 0 Å². The number of hydrogen-bond acceptors (Lipinski definition) is 4. The van der Waals surface area contributed by atoms with Gasteiger partial charge in [-0.15, -0.1) is 0 Å². The van der Waals surface area contributed by atoms with Crippen molar-refractivity contribution in [2.24, 2.45) is 5.73 Å². The second-order valence-corrected chi connectivity index (χ2v) is 5.09. The van der Waals surface area contributed by atoms with Gasteiger partial charge in [-0.25, -0.2) is 17.9 Å². The first-order chi connectivity index (χ1) is 7.24. The Bertz CT molecular complexity index is 537. The second kappa shape index (κ2) is 4.01. The number of carbonyl (C=O) groups excluding carboxylic acids is 1. The molecule has 0 aliphatic heterocycles. The van der Waals surface area contributed by atoms with Crippen LogP contribution in [0.3, 0.4) is 0 Å². The van der Waals surface area contributed by atoms with Crippen LogP contribution in [0.25, 0.3) is 0 Å². The molecule has 0 aliphatic carbocycles. The van der Waals surface area contributed by atoms with E-state index in [1.807, 2.05) is 6.92 Å². The zero-order valence-corrected chi connectivity index (χ0v) is 9.76. The highest BCUT2D eigenvalue weighted by Gasteiger charge is 2.19. The number of amides is 2. The third-order valence-corrected chi connectivity index (χ3v) is 3.55. The summed E-state index contributed by atoms with van der Waals surface area (Å²) in [5, 5.41) is 0. The molecule has 0 aliphatic rings. The lowest BCUT2D eigenvalue weighted by Crippen LogP contribution is -2.35. The molecular weight excluding hydrogens is 230 g/mol. The number of primary amides is 1. The molecule has 0 bridgehead atoms. The summed E-state index contributed by atoms with van der Waals surface area (Å²) >= 11 is 0. The molecule has 0 saturated heterocycles. The fraction of sp³-hybridized carbons (Fsp3) is 0.222. The third kappa shape index (κ3) is 2.43. The number of urea groups is 1. The van der Waals surface area contributed by atoms with Crippen LogP contribution < -0.4 is 16.2 Å². The van der Waals surface area contributed by atoms with E-state index < -0.39 is 16.1 Å². The van der Waals surface area contributed by atoms with Crippen LogP contribution in [0.15, 0.2) is 17.0 Å². The number of benzene rings is 1. The standard InChI is InChI=1S/C9H13N3O3S/c1-5-3-7(10)8(4-6(5)2)16(14,15)12-9(11)13/h3-4H,10H2,1-2H3,(H3,11,12,13). The Morgan fingerprint density at radius 2 is 1.75 bits per heavy atom. The van der Waals surface area contributed by atoms with Crippen molar-refractivity contribution in [3.63, 3.8) is 0 Å². The summed E-state index contributed by atoms with van der Waals surface area (Å²) in [6.45, 7) is 3.56. The molecule has 0 heterocycles. The summed E-state index contributed by atoms with van der Waals surface area (Å²) < 4.78 is 24.9. The minimum atomic E-state index is -3.98. The van der Waals surface area contributed by atoms with Crippen LogP contribution in [0.5, 0.6) is 0 Å². The van der Waals surface area contributed by atoms with Gasteiger partial charge in [0.25, 0.3) is 10.0 Å². The topological polar surface area (TPSA) is 115 Å². The van der Waals surface area contributed by atoms with Crippen LogP contribution in [-0.4, -0.2) is 14.4 Å². The second-order valence-electron chi connectivity index (χ2n) is 3.44. The van der Waals surface area contributed by atoms with Crippen LogP contribution in [0.1, 0.15) is 11.1 Å². The van der Waals surface area contributed by atoms with Gasteiger partial charge in [0.2, 0.25) is 0 Å². The van der Waals surface area contributed by atoms with Gasteiger partial charge in [0.15, 0.2) is 0 Å². The Kier molecular flexibility index (Phi) is 3.09. The van der Waals surface area contributed by atoms with Gasteiger partial charge in [0.1, 0.15) is 4.90 Å². The van der Waals surface area contributed by atoms with Gasteiger partial charge in [0, 0.05) is 0 Å². The largest absolute Gasteiger partial charge is 0.398 e. The summed E-state index contributed by atoms with van der Waals surface area (Å²) in [4.78, 5) is 10.4. The molecule has 0 radical (unpaired) electrons. The van der Waals surface area contributed by atoms with E-state index in [4.69, 9.17) is 11.5 Å². The first-order valence-corrected chi connectivity index (χ1v) is 5.91. The van der Waals surface area contributed by atoms with Crippen LogP contribution in [-0.2, 0) is 10.0 Å². The van der Waals surface area contributed by atoms with Gasteiger partial charge in [-0.05, 0) is 37.1 Å². The van der Waals surface area contributed by atoms with Gasteiger partial charge in [-0.1, -0.05) is 0 Å². The zero-order chi connectivity index (χ0) is 12.5. The van der Waals surface area contributed by atoms with E-state index in [9.17, 15) is 13.2 Å². The van der Waals surface area contributed by atoms with E-state index in [-0.39, 0.29) is 10.6 Å². The molecule has 1 aromatic carbocycles. The first kappa shape index (κ1) is 12.3. The monoisotopic (exact) mass is 243 g/mol. The fourth-order valence-electron chi connectivity index (χ4n) is 1.23. The first-order valence-electron chi connectivity index (χ1n) is 4.43. The van der Waals surface area contributed by atoms with Crippen molar-refractivity contribution < 1.29 is 13.2 Å². The van der Waals surface area contributed by atoms with Gasteiger partial charge < -0.3 is 11.5 Å². The van der Waals surface area contributed by atoms with E-state index >= 15 is 0 Å². The van der Waals surface area contributed by atoms with Crippen molar-refractivity contribution in [1.82, 2.24) is 4.72 Å². The van der Waals surface area contributed by atoms with Crippen molar-refractivity contribution in [3.05, 3.63) is 23.3 Å². The van der Waals surface area contributed by atoms with Crippen molar-refractivity contribution >= 4 is 21.7 Å². The Hall–Kier alpha value is -1.76. The number of sulfonamides is 1. The molecule has 0 fully saturated rings. The summed E-state index contributed by atoms with van der Waals surface area (Å²) in [6.07, 6.45) is 0. The van der Waals surface area contributed by atoms with Gasteiger partial charge >= 0.3 is 6.03 Å². The van der Waals surface area contributed by atoms with Crippen molar-refractivity contribution in [2.45, 2.75) is 18.7 Å². The lowest BCUT2D eigenvalue weighted by Gasteiger charge is -2.10. The Labute approximate surface area is 93.7 Å². The highest BCUT2D eigenvalue weighted by atomic mass is 32.2. The highest BCUT2D eigenvalue weighted by molar-refractivity contribution is 7.90. The highest BCUT2D eigenvalue weighted by Crippen LogP contribution is 2.22. The molecule has 16 heavy (non-hydrogen) atoms. The Morgan fingerprint density at radius 1 is 1.25 bits per heavy atom. The minimum Gasteiger partial charge on any atom is -0.398 e. The van der Waals surface area contributed by atoms with Gasteiger partial charge in [-0.3, -0.25) is 0 Å². The summed E-state index contributed by atoms with van der Waals surface area (Å²) in [5.74, 6) is 0. The molecule has 88 valence electrons. The third-order valence-electron chi connectivity index (χ3n) is 2.15. The number of rotatable bonds is 2. The number of nitrogen functional groups attached to an aromatic ring is 1. The van der Waals surface area contributed by atoms with Gasteiger partial charge in [-0.2, -0.15) is 0 Å². The lowest BCUT2D eigenvalue weighted by atomic mass is 10.1. The zero-order valence-electron chi connectivity index (χ0n) is 8.94. The molecule has 0 aromatic heterocycles. The number of nitrogens with one attached hydrogen (secondary N) is 1. The molecule has 0 saturated carbocycles. The van der Waals surface area contributed by atoms with Crippen LogP contribution in [0.2, 0.25) is 0 Å². The Balaban J connectivity index is 3.34. The number of nitrogens with two attached hydrogens (primary N) is 2. The number of anilines is 1. The number of carbonyl (C=O) groups is 1.